The van der Waals surface area contributed by atoms with Crippen LogP contribution in [0.1, 0.15) is 55.1 Å². The molecule has 6 nitrogen and oxygen atoms in total. The molecule has 1 aliphatic rings. The molecular weight excluding hydrogens is 404 g/mol. The summed E-state index contributed by atoms with van der Waals surface area (Å²) in [5.74, 6) is 0.812. The number of para-hydroxylation sites is 1. The Balaban J connectivity index is 1.48. The molecule has 0 fully saturated rings. The number of unbranched alkanes of at least 4 members (excludes halogenated alkanes) is 1. The predicted molar refractivity (Wildman–Crippen MR) is 125 cm³/mol. The number of carbonyl (C=O) groups is 2. The van der Waals surface area contributed by atoms with Crippen molar-refractivity contribution in [3.63, 3.8) is 0 Å². The molecule has 1 aliphatic heterocycles. The molecule has 6 heteroatoms. The number of hydrogen-bond acceptors (Lipinski definition) is 4. The van der Waals surface area contributed by atoms with Crippen molar-refractivity contribution in [3.05, 3.63) is 65.2 Å². The number of nitrogens with one attached hydrogen (secondary N) is 1. The molecule has 172 valence electrons. The van der Waals surface area contributed by atoms with Crippen LogP contribution < -0.4 is 10.1 Å². The van der Waals surface area contributed by atoms with Gasteiger partial charge in [-0.2, -0.15) is 0 Å². The number of nitrogens with zero attached hydrogens (tertiary/aromatic N) is 1. The molecule has 32 heavy (non-hydrogen) atoms. The molecule has 2 aromatic rings. The number of benzene rings is 2. The first-order valence-electron chi connectivity index (χ1n) is 11.3. The summed E-state index contributed by atoms with van der Waals surface area (Å²) in [7, 11) is 0. The van der Waals surface area contributed by atoms with E-state index in [0.29, 0.717) is 25.2 Å². The van der Waals surface area contributed by atoms with Gasteiger partial charge in [-0.15, -0.1) is 0 Å². The van der Waals surface area contributed by atoms with E-state index in [2.05, 4.69) is 11.4 Å². The Morgan fingerprint density at radius 2 is 1.81 bits per heavy atom. The largest absolute Gasteiger partial charge is 0.488 e. The summed E-state index contributed by atoms with van der Waals surface area (Å²) < 4.78 is 11.6. The second-order valence-electron chi connectivity index (χ2n) is 9.31. The number of carbonyl (C=O) groups excluding carboxylic acids is 2. The average Bonchev–Trinajstić information content (AvgIpc) is 3.14. The quantitative estimate of drug-likeness (QED) is 0.604. The third-order valence-corrected chi connectivity index (χ3v) is 5.24. The Morgan fingerprint density at radius 1 is 1.09 bits per heavy atom. The summed E-state index contributed by atoms with van der Waals surface area (Å²) in [6.45, 7) is 9.17. The van der Waals surface area contributed by atoms with Crippen molar-refractivity contribution in [3.8, 4) is 5.75 Å². The van der Waals surface area contributed by atoms with Gasteiger partial charge < -0.3 is 19.7 Å². The zero-order valence-corrected chi connectivity index (χ0v) is 19.5. The van der Waals surface area contributed by atoms with Crippen LogP contribution in [0.15, 0.2) is 48.5 Å². The first-order valence-corrected chi connectivity index (χ1v) is 11.3. The zero-order chi connectivity index (χ0) is 23.1. The number of hydrogen-bond donors (Lipinski definition) is 1. The third-order valence-electron chi connectivity index (χ3n) is 5.24. The lowest BCUT2D eigenvalue weighted by Gasteiger charge is -2.29. The summed E-state index contributed by atoms with van der Waals surface area (Å²) in [6, 6.07) is 15.5. The molecule has 0 saturated heterocycles. The molecule has 1 unspecified atom stereocenters. The number of amides is 2. The molecule has 3 rings (SSSR count). The molecule has 1 N–H and O–H groups in total. The lowest BCUT2D eigenvalue weighted by Crippen LogP contribution is -2.43. The van der Waals surface area contributed by atoms with Crippen LogP contribution >= 0.6 is 0 Å². The van der Waals surface area contributed by atoms with Gasteiger partial charge in [0.25, 0.3) is 5.91 Å². The summed E-state index contributed by atoms with van der Waals surface area (Å²) in [4.78, 5) is 26.8. The zero-order valence-electron chi connectivity index (χ0n) is 19.5. The Labute approximate surface area is 190 Å². The van der Waals surface area contributed by atoms with Crippen LogP contribution in [0.4, 0.5) is 4.79 Å². The van der Waals surface area contributed by atoms with Crippen LogP contribution in [0, 0.1) is 6.92 Å². The molecule has 0 saturated carbocycles. The third kappa shape index (κ3) is 7.01. The van der Waals surface area contributed by atoms with Crippen LogP contribution in [0.5, 0.6) is 5.75 Å². The molecule has 0 aliphatic carbocycles. The molecule has 2 amide bonds. The van der Waals surface area contributed by atoms with Crippen LogP contribution in [-0.4, -0.2) is 48.2 Å². The molecular formula is C26H34N2O4. The first kappa shape index (κ1) is 23.6. The number of ether oxygens (including phenoxy) is 2. The van der Waals surface area contributed by atoms with Gasteiger partial charge in [0.15, 0.2) is 0 Å². The van der Waals surface area contributed by atoms with E-state index in [1.807, 2.05) is 70.2 Å². The van der Waals surface area contributed by atoms with Crippen LogP contribution in [0.25, 0.3) is 0 Å². The predicted octanol–water partition coefficient (Wildman–Crippen LogP) is 4.75. The van der Waals surface area contributed by atoms with Crippen molar-refractivity contribution in [2.75, 3.05) is 19.6 Å². The van der Waals surface area contributed by atoms with Crippen LogP contribution in [0.3, 0.4) is 0 Å². The minimum absolute atomic E-state index is 0.0777. The molecule has 1 atom stereocenters. The van der Waals surface area contributed by atoms with Gasteiger partial charge in [-0.3, -0.25) is 4.79 Å². The van der Waals surface area contributed by atoms with Crippen molar-refractivity contribution in [1.29, 1.82) is 0 Å². The van der Waals surface area contributed by atoms with Crippen LogP contribution in [-0.2, 0) is 11.2 Å². The van der Waals surface area contributed by atoms with Crippen molar-refractivity contribution >= 4 is 12.0 Å². The second kappa shape index (κ2) is 10.5. The maximum atomic E-state index is 12.8. The molecule has 0 bridgehead atoms. The van der Waals surface area contributed by atoms with E-state index in [-0.39, 0.29) is 18.1 Å². The van der Waals surface area contributed by atoms with Gasteiger partial charge in [-0.25, -0.2) is 4.79 Å². The van der Waals surface area contributed by atoms with Gasteiger partial charge in [0.2, 0.25) is 0 Å². The normalized spacial score (nSPS) is 14.9. The minimum Gasteiger partial charge on any atom is -0.488 e. The molecule has 1 heterocycles. The SMILES string of the molecule is Cc1ccc(C(=O)NCCCCN(CC2Cc3ccccc3O2)C(=O)OC(C)(C)C)cc1. The van der Waals surface area contributed by atoms with E-state index in [4.69, 9.17) is 9.47 Å². The molecule has 0 radical (unpaired) electrons. The highest BCUT2D eigenvalue weighted by atomic mass is 16.6. The summed E-state index contributed by atoms with van der Waals surface area (Å²) in [5, 5.41) is 2.95. The van der Waals surface area contributed by atoms with Crippen molar-refractivity contribution < 1.29 is 19.1 Å². The minimum atomic E-state index is -0.559. The molecule has 2 aromatic carbocycles. The highest BCUT2D eigenvalue weighted by molar-refractivity contribution is 5.94. The summed E-state index contributed by atoms with van der Waals surface area (Å²) in [6.07, 6.45) is 1.89. The number of aryl methyl sites for hydroxylation is 1. The molecule has 0 aromatic heterocycles. The highest BCUT2D eigenvalue weighted by Crippen LogP contribution is 2.28. The topological polar surface area (TPSA) is 67.9 Å². The van der Waals surface area contributed by atoms with Gasteiger partial charge in [-0.05, 0) is 64.3 Å². The molecule has 0 spiro atoms. The van der Waals surface area contributed by atoms with Crippen molar-refractivity contribution in [2.45, 2.75) is 58.7 Å². The lowest BCUT2D eigenvalue weighted by atomic mass is 10.1. The average molecular weight is 439 g/mol. The van der Waals surface area contributed by atoms with Gasteiger partial charge in [-0.1, -0.05) is 35.9 Å². The standard InChI is InChI=1S/C26H34N2O4/c1-19-11-13-20(14-12-19)24(29)27-15-7-8-16-28(25(30)32-26(2,3)4)18-22-17-21-9-5-6-10-23(21)31-22/h5-6,9-14,22H,7-8,15-18H2,1-4H3,(H,27,29). The lowest BCUT2D eigenvalue weighted by molar-refractivity contribution is 0.0179. The second-order valence-corrected chi connectivity index (χ2v) is 9.31. The summed E-state index contributed by atoms with van der Waals surface area (Å²) >= 11 is 0. The Kier molecular flexibility index (Phi) is 7.78. The maximum Gasteiger partial charge on any atom is 0.410 e. The van der Waals surface area contributed by atoms with E-state index in [9.17, 15) is 9.59 Å². The fraction of sp³-hybridized carbons (Fsp3) is 0.462. The Morgan fingerprint density at radius 3 is 2.50 bits per heavy atom. The van der Waals surface area contributed by atoms with Crippen molar-refractivity contribution in [2.24, 2.45) is 0 Å². The monoisotopic (exact) mass is 438 g/mol. The smallest absolute Gasteiger partial charge is 0.410 e. The Bertz CT molecular complexity index is 893. The van der Waals surface area contributed by atoms with E-state index in [1.165, 1.54) is 5.56 Å². The first-order chi connectivity index (χ1) is 15.2. The highest BCUT2D eigenvalue weighted by Gasteiger charge is 2.29. The fourth-order valence-electron chi connectivity index (χ4n) is 3.62. The van der Waals surface area contributed by atoms with Crippen molar-refractivity contribution in [1.82, 2.24) is 10.2 Å². The van der Waals surface area contributed by atoms with Gasteiger partial charge >= 0.3 is 6.09 Å². The van der Waals surface area contributed by atoms with E-state index in [1.54, 1.807) is 4.90 Å². The number of fused-ring (bicyclic) bond motifs is 1. The number of rotatable bonds is 8. The fourth-order valence-corrected chi connectivity index (χ4v) is 3.62. The van der Waals surface area contributed by atoms with Crippen LogP contribution in [0.2, 0.25) is 0 Å². The Hall–Kier alpha value is -3.02. The van der Waals surface area contributed by atoms with E-state index in [0.717, 1.165) is 30.6 Å². The summed E-state index contributed by atoms with van der Waals surface area (Å²) in [5.41, 5.74) is 2.39. The van der Waals surface area contributed by atoms with Gasteiger partial charge in [0, 0.05) is 25.1 Å². The van der Waals surface area contributed by atoms with Gasteiger partial charge in [0.1, 0.15) is 17.5 Å². The maximum absolute atomic E-state index is 12.8. The van der Waals surface area contributed by atoms with E-state index < -0.39 is 5.60 Å². The van der Waals surface area contributed by atoms with Gasteiger partial charge in [0.05, 0.1) is 6.54 Å². The van der Waals surface area contributed by atoms with E-state index >= 15 is 0 Å².